The predicted octanol–water partition coefficient (Wildman–Crippen LogP) is 0.179. The molecule has 0 radical (unpaired) electrons. The van der Waals surface area contributed by atoms with Gasteiger partial charge in [0.2, 0.25) is 5.91 Å². The number of alkyl halides is 1. The van der Waals surface area contributed by atoms with Crippen LogP contribution in [0.15, 0.2) is 12.7 Å². The van der Waals surface area contributed by atoms with Gasteiger partial charge in [-0.3, -0.25) is 4.79 Å². The van der Waals surface area contributed by atoms with Gasteiger partial charge in [-0.15, -0.1) is 0 Å². The molecule has 0 aromatic rings. The first-order valence-corrected chi connectivity index (χ1v) is 5.94. The zero-order chi connectivity index (χ0) is 11.0. The fraction of sp³-hybridized carbons (Fsp3) is 0.667. The van der Waals surface area contributed by atoms with E-state index in [0.29, 0.717) is 6.54 Å². The van der Waals surface area contributed by atoms with Crippen molar-refractivity contribution in [3.05, 3.63) is 12.7 Å². The Morgan fingerprint density at radius 2 is 2.29 bits per heavy atom. The molecule has 1 amide bonds. The molecule has 0 aromatic carbocycles. The van der Waals surface area contributed by atoms with Crippen molar-refractivity contribution in [1.29, 1.82) is 0 Å². The molecule has 14 heavy (non-hydrogen) atoms. The van der Waals surface area contributed by atoms with E-state index < -0.39 is 6.10 Å². The van der Waals surface area contributed by atoms with Crippen molar-refractivity contribution in [2.24, 2.45) is 0 Å². The number of nitrogens with zero attached hydrogens (tertiary/aromatic N) is 1. The van der Waals surface area contributed by atoms with Gasteiger partial charge in [-0.25, -0.2) is 0 Å². The third-order valence-electron chi connectivity index (χ3n) is 1.69. The maximum atomic E-state index is 11.3. The van der Waals surface area contributed by atoms with Gasteiger partial charge >= 0.3 is 0 Å². The van der Waals surface area contributed by atoms with Crippen LogP contribution in [0.1, 0.15) is 6.42 Å². The maximum absolute atomic E-state index is 11.3. The van der Waals surface area contributed by atoms with Crippen molar-refractivity contribution in [3.8, 4) is 0 Å². The zero-order valence-corrected chi connectivity index (χ0v) is 10.2. The standard InChI is InChI=1S/C9H16INO3/c1-2-9(14)11(5-3-4-10)6-8(13)7-12/h2,8,12-13H,1,3-7H2. The lowest BCUT2D eigenvalue weighted by atomic mass is 10.3. The first kappa shape index (κ1) is 13.9. The van der Waals surface area contributed by atoms with Crippen LogP contribution in [0.2, 0.25) is 0 Å². The number of rotatable bonds is 7. The third-order valence-corrected chi connectivity index (χ3v) is 2.45. The molecule has 0 rings (SSSR count). The van der Waals surface area contributed by atoms with E-state index in [2.05, 4.69) is 29.2 Å². The Kier molecular flexibility index (Phi) is 8.11. The van der Waals surface area contributed by atoms with Gasteiger partial charge in [0.05, 0.1) is 12.7 Å². The fourth-order valence-electron chi connectivity index (χ4n) is 0.983. The van der Waals surface area contributed by atoms with Crippen LogP contribution in [0.4, 0.5) is 0 Å². The van der Waals surface area contributed by atoms with E-state index in [1.165, 1.54) is 11.0 Å². The van der Waals surface area contributed by atoms with Gasteiger partial charge in [-0.05, 0) is 12.5 Å². The Bertz CT molecular complexity index is 187. The molecule has 0 aliphatic heterocycles. The summed E-state index contributed by atoms with van der Waals surface area (Å²) < 4.78 is 0.952. The van der Waals surface area contributed by atoms with Crippen LogP contribution in [0.5, 0.6) is 0 Å². The predicted molar refractivity (Wildman–Crippen MR) is 63.4 cm³/mol. The highest BCUT2D eigenvalue weighted by molar-refractivity contribution is 14.1. The van der Waals surface area contributed by atoms with E-state index >= 15 is 0 Å². The van der Waals surface area contributed by atoms with Gasteiger partial charge in [-0.2, -0.15) is 0 Å². The lowest BCUT2D eigenvalue weighted by molar-refractivity contribution is -0.127. The molecule has 0 aromatic heterocycles. The van der Waals surface area contributed by atoms with Crippen LogP contribution >= 0.6 is 22.6 Å². The number of aliphatic hydroxyl groups excluding tert-OH is 2. The van der Waals surface area contributed by atoms with E-state index in [4.69, 9.17) is 5.11 Å². The lowest BCUT2D eigenvalue weighted by Gasteiger charge is -2.22. The quantitative estimate of drug-likeness (QED) is 0.400. The van der Waals surface area contributed by atoms with Crippen molar-refractivity contribution in [3.63, 3.8) is 0 Å². The van der Waals surface area contributed by atoms with E-state index in [0.717, 1.165) is 10.8 Å². The van der Waals surface area contributed by atoms with Crippen molar-refractivity contribution in [1.82, 2.24) is 4.90 Å². The van der Waals surface area contributed by atoms with Crippen LogP contribution in [-0.2, 0) is 4.79 Å². The molecule has 4 nitrogen and oxygen atoms in total. The summed E-state index contributed by atoms with van der Waals surface area (Å²) in [6.07, 6.45) is 1.23. The second-order valence-electron chi connectivity index (χ2n) is 2.87. The Hall–Kier alpha value is -0.140. The van der Waals surface area contributed by atoms with Gasteiger partial charge in [0, 0.05) is 17.5 Å². The van der Waals surface area contributed by atoms with Crippen molar-refractivity contribution in [2.45, 2.75) is 12.5 Å². The fourth-order valence-corrected chi connectivity index (χ4v) is 1.32. The lowest BCUT2D eigenvalue weighted by Crippen LogP contribution is -2.38. The first-order chi connectivity index (χ1) is 6.65. The normalized spacial score (nSPS) is 12.2. The average molecular weight is 313 g/mol. The van der Waals surface area contributed by atoms with Gasteiger partial charge in [0.15, 0.2) is 0 Å². The molecule has 0 fully saturated rings. The molecule has 0 heterocycles. The summed E-state index contributed by atoms with van der Waals surface area (Å²) in [7, 11) is 0. The summed E-state index contributed by atoms with van der Waals surface area (Å²) in [4.78, 5) is 12.8. The van der Waals surface area contributed by atoms with Crippen LogP contribution in [0.3, 0.4) is 0 Å². The smallest absolute Gasteiger partial charge is 0.246 e. The highest BCUT2D eigenvalue weighted by Crippen LogP contribution is 1.99. The molecular weight excluding hydrogens is 297 g/mol. The SMILES string of the molecule is C=CC(=O)N(CCCI)CC(O)CO. The van der Waals surface area contributed by atoms with Crippen LogP contribution < -0.4 is 0 Å². The minimum absolute atomic E-state index is 0.165. The second kappa shape index (κ2) is 8.19. The molecule has 2 N–H and O–H groups in total. The Balaban J connectivity index is 4.09. The van der Waals surface area contributed by atoms with Crippen molar-refractivity contribution in [2.75, 3.05) is 24.1 Å². The van der Waals surface area contributed by atoms with Crippen LogP contribution in [-0.4, -0.2) is 51.2 Å². The van der Waals surface area contributed by atoms with Gasteiger partial charge in [0.25, 0.3) is 0 Å². The number of aliphatic hydroxyl groups is 2. The van der Waals surface area contributed by atoms with Gasteiger partial charge in [0.1, 0.15) is 0 Å². The minimum atomic E-state index is -0.867. The summed E-state index contributed by atoms with van der Waals surface area (Å²) in [5.74, 6) is -0.206. The summed E-state index contributed by atoms with van der Waals surface area (Å²) in [6, 6.07) is 0. The topological polar surface area (TPSA) is 60.8 Å². The molecule has 5 heteroatoms. The molecule has 1 atom stereocenters. The van der Waals surface area contributed by atoms with Gasteiger partial charge in [-0.1, -0.05) is 29.2 Å². The van der Waals surface area contributed by atoms with E-state index in [-0.39, 0.29) is 19.1 Å². The number of hydrogen-bond acceptors (Lipinski definition) is 3. The average Bonchev–Trinajstić information content (AvgIpc) is 2.22. The van der Waals surface area contributed by atoms with Crippen LogP contribution in [0, 0.1) is 0 Å². The molecule has 0 aliphatic carbocycles. The Morgan fingerprint density at radius 3 is 2.71 bits per heavy atom. The molecule has 0 aliphatic rings. The molecule has 0 saturated carbocycles. The number of halogens is 1. The highest BCUT2D eigenvalue weighted by Gasteiger charge is 2.13. The van der Waals surface area contributed by atoms with Crippen molar-refractivity contribution < 1.29 is 15.0 Å². The van der Waals surface area contributed by atoms with E-state index in [1.54, 1.807) is 0 Å². The molecule has 1 unspecified atom stereocenters. The van der Waals surface area contributed by atoms with Gasteiger partial charge < -0.3 is 15.1 Å². The first-order valence-electron chi connectivity index (χ1n) is 4.42. The number of amides is 1. The largest absolute Gasteiger partial charge is 0.394 e. The Morgan fingerprint density at radius 1 is 1.64 bits per heavy atom. The van der Waals surface area contributed by atoms with Crippen LogP contribution in [0.25, 0.3) is 0 Å². The summed E-state index contributed by atoms with van der Waals surface area (Å²) in [6.45, 7) is 3.81. The number of carbonyl (C=O) groups is 1. The molecule has 0 spiro atoms. The Labute approximate surface area is 97.7 Å². The zero-order valence-electron chi connectivity index (χ0n) is 8.03. The van der Waals surface area contributed by atoms with Crippen molar-refractivity contribution >= 4 is 28.5 Å². The van der Waals surface area contributed by atoms with E-state index in [9.17, 15) is 9.90 Å². The van der Waals surface area contributed by atoms with E-state index in [1.807, 2.05) is 0 Å². The minimum Gasteiger partial charge on any atom is -0.394 e. The number of carbonyl (C=O) groups excluding carboxylic acids is 1. The summed E-state index contributed by atoms with van der Waals surface area (Å²) in [5, 5.41) is 17.8. The molecule has 82 valence electrons. The summed E-state index contributed by atoms with van der Waals surface area (Å²) in [5.41, 5.74) is 0. The molecule has 0 saturated heterocycles. The third kappa shape index (κ3) is 5.56. The molecule has 0 bridgehead atoms. The maximum Gasteiger partial charge on any atom is 0.246 e. The second-order valence-corrected chi connectivity index (χ2v) is 3.95. The highest BCUT2D eigenvalue weighted by atomic mass is 127. The monoisotopic (exact) mass is 313 g/mol. The number of hydrogen-bond donors (Lipinski definition) is 2. The summed E-state index contributed by atoms with van der Waals surface area (Å²) >= 11 is 2.22. The molecular formula is C9H16INO3.